The second kappa shape index (κ2) is 9.72. The molecule has 7 heteroatoms. The van der Waals surface area contributed by atoms with Gasteiger partial charge in [0, 0.05) is 10.5 Å². The van der Waals surface area contributed by atoms with Crippen LogP contribution in [0.2, 0.25) is 0 Å². The van der Waals surface area contributed by atoms with E-state index in [0.717, 1.165) is 10.5 Å². The van der Waals surface area contributed by atoms with E-state index in [-0.39, 0.29) is 13.2 Å². The van der Waals surface area contributed by atoms with Crippen LogP contribution in [-0.4, -0.2) is 38.9 Å². The van der Waals surface area contributed by atoms with Gasteiger partial charge in [-0.25, -0.2) is 0 Å². The van der Waals surface area contributed by atoms with Crippen molar-refractivity contribution in [3.63, 3.8) is 0 Å². The Bertz CT molecular complexity index is 761. The lowest BCUT2D eigenvalue weighted by molar-refractivity contribution is -0.143. The minimum absolute atomic E-state index is 0.166. The molecule has 0 heterocycles. The van der Waals surface area contributed by atoms with Crippen LogP contribution in [0, 0.1) is 0 Å². The summed E-state index contributed by atoms with van der Waals surface area (Å²) in [6.07, 6.45) is 2.00. The summed E-state index contributed by atoms with van der Waals surface area (Å²) in [5.74, 6) is 0.0624. The number of hydrogen-bond acceptors (Lipinski definition) is 6. The molecule has 2 rings (SSSR count). The zero-order valence-electron chi connectivity index (χ0n) is 14.9. The van der Waals surface area contributed by atoms with Crippen molar-refractivity contribution in [3.05, 3.63) is 53.6 Å². The van der Waals surface area contributed by atoms with Gasteiger partial charge in [0.15, 0.2) is 11.5 Å². The predicted octanol–water partition coefficient (Wildman–Crippen LogP) is 2.90. The predicted molar refractivity (Wildman–Crippen MR) is 99.9 cm³/mol. The zero-order valence-corrected chi connectivity index (χ0v) is 15.7. The fraction of sp³-hybridized carbons (Fsp3) is 0.263. The third-order valence-electron chi connectivity index (χ3n) is 3.60. The molecule has 0 bridgehead atoms. The van der Waals surface area contributed by atoms with Crippen molar-refractivity contribution in [2.24, 2.45) is 0 Å². The van der Waals surface area contributed by atoms with Gasteiger partial charge < -0.3 is 19.5 Å². The van der Waals surface area contributed by atoms with E-state index in [2.05, 4.69) is 5.32 Å². The van der Waals surface area contributed by atoms with Crippen LogP contribution in [-0.2, 0) is 16.1 Å². The number of nitrogens with one attached hydrogen (secondary N) is 1. The number of hydrogen-bond donors (Lipinski definition) is 1. The number of carbonyl (C=O) groups is 2. The van der Waals surface area contributed by atoms with Crippen molar-refractivity contribution in [1.82, 2.24) is 5.32 Å². The van der Waals surface area contributed by atoms with Gasteiger partial charge in [0.2, 0.25) is 0 Å². The van der Waals surface area contributed by atoms with Gasteiger partial charge in [0.05, 0.1) is 14.2 Å². The second-order valence-corrected chi connectivity index (χ2v) is 6.14. The SMILES string of the molecule is COc1ccc(C(=O)NCC(=O)OCc2ccc(SC)cc2)cc1OC. The first-order chi connectivity index (χ1) is 12.6. The normalized spacial score (nSPS) is 10.1. The number of thioether (sulfide) groups is 1. The summed E-state index contributed by atoms with van der Waals surface area (Å²) < 4.78 is 15.4. The van der Waals surface area contributed by atoms with Gasteiger partial charge in [0.25, 0.3) is 5.91 Å². The van der Waals surface area contributed by atoms with E-state index in [1.165, 1.54) is 14.2 Å². The molecule has 0 saturated heterocycles. The minimum Gasteiger partial charge on any atom is -0.493 e. The van der Waals surface area contributed by atoms with Crippen molar-refractivity contribution in [1.29, 1.82) is 0 Å². The summed E-state index contributed by atoms with van der Waals surface area (Å²) in [5.41, 5.74) is 1.26. The molecule has 0 atom stereocenters. The Labute approximate surface area is 156 Å². The van der Waals surface area contributed by atoms with E-state index in [9.17, 15) is 9.59 Å². The Morgan fingerprint density at radius 3 is 2.31 bits per heavy atom. The fourth-order valence-electron chi connectivity index (χ4n) is 2.17. The molecule has 2 aromatic carbocycles. The van der Waals surface area contributed by atoms with Crippen molar-refractivity contribution < 1.29 is 23.8 Å². The summed E-state index contributed by atoms with van der Waals surface area (Å²) in [6, 6.07) is 12.5. The molecule has 0 unspecified atom stereocenters. The molecule has 0 saturated carbocycles. The van der Waals surface area contributed by atoms with Gasteiger partial charge in [-0.3, -0.25) is 9.59 Å². The van der Waals surface area contributed by atoms with Gasteiger partial charge in [0.1, 0.15) is 13.2 Å². The maximum atomic E-state index is 12.1. The van der Waals surface area contributed by atoms with E-state index in [4.69, 9.17) is 14.2 Å². The molecule has 0 radical (unpaired) electrons. The topological polar surface area (TPSA) is 73.9 Å². The van der Waals surface area contributed by atoms with Crippen molar-refractivity contribution in [3.8, 4) is 11.5 Å². The fourth-order valence-corrected chi connectivity index (χ4v) is 2.58. The Kier molecular flexibility index (Phi) is 7.35. The monoisotopic (exact) mass is 375 g/mol. The molecule has 6 nitrogen and oxygen atoms in total. The van der Waals surface area contributed by atoms with Gasteiger partial charge in [-0.1, -0.05) is 12.1 Å². The van der Waals surface area contributed by atoms with Gasteiger partial charge in [-0.05, 0) is 42.2 Å². The molecule has 1 N–H and O–H groups in total. The number of rotatable bonds is 8. The van der Waals surface area contributed by atoms with Gasteiger partial charge in [-0.15, -0.1) is 11.8 Å². The van der Waals surface area contributed by atoms with Crippen LogP contribution < -0.4 is 14.8 Å². The van der Waals surface area contributed by atoms with Crippen LogP contribution in [0.15, 0.2) is 47.4 Å². The van der Waals surface area contributed by atoms with E-state index < -0.39 is 11.9 Å². The number of methoxy groups -OCH3 is 2. The Hall–Kier alpha value is -2.67. The Morgan fingerprint density at radius 2 is 1.69 bits per heavy atom. The number of ether oxygens (including phenoxy) is 3. The van der Waals surface area contributed by atoms with Crippen molar-refractivity contribution >= 4 is 23.6 Å². The molecule has 138 valence electrons. The first-order valence-electron chi connectivity index (χ1n) is 7.86. The number of esters is 1. The molecule has 0 aromatic heterocycles. The maximum Gasteiger partial charge on any atom is 0.325 e. The molecule has 0 aliphatic rings. The maximum absolute atomic E-state index is 12.1. The lowest BCUT2D eigenvalue weighted by atomic mass is 10.2. The summed E-state index contributed by atoms with van der Waals surface area (Å²) in [7, 11) is 3.00. The Balaban J connectivity index is 1.83. The summed E-state index contributed by atoms with van der Waals surface area (Å²) in [4.78, 5) is 25.1. The third kappa shape index (κ3) is 5.42. The number of amides is 1. The van der Waals surface area contributed by atoms with E-state index >= 15 is 0 Å². The molecule has 0 spiro atoms. The molecule has 0 aliphatic heterocycles. The first kappa shape index (κ1) is 19.7. The molecule has 0 aliphatic carbocycles. The van der Waals surface area contributed by atoms with E-state index in [1.54, 1.807) is 30.0 Å². The number of carbonyl (C=O) groups excluding carboxylic acids is 2. The molecule has 0 fully saturated rings. The molecule has 26 heavy (non-hydrogen) atoms. The standard InChI is InChI=1S/C19H21NO5S/c1-23-16-9-6-14(10-17(16)24-2)19(22)20-11-18(21)25-12-13-4-7-15(26-3)8-5-13/h4-10H,11-12H2,1-3H3,(H,20,22). The van der Waals surface area contributed by atoms with Crippen LogP contribution in [0.4, 0.5) is 0 Å². The highest BCUT2D eigenvalue weighted by Crippen LogP contribution is 2.27. The average Bonchev–Trinajstić information content (AvgIpc) is 2.70. The van der Waals surface area contributed by atoms with Crippen LogP contribution in [0.25, 0.3) is 0 Å². The van der Waals surface area contributed by atoms with Gasteiger partial charge >= 0.3 is 5.97 Å². The second-order valence-electron chi connectivity index (χ2n) is 5.26. The van der Waals surface area contributed by atoms with Crippen molar-refractivity contribution in [2.75, 3.05) is 27.0 Å². The lowest BCUT2D eigenvalue weighted by Crippen LogP contribution is -2.30. The molecule has 2 aromatic rings. The minimum atomic E-state index is -0.507. The average molecular weight is 375 g/mol. The van der Waals surface area contributed by atoms with E-state index in [0.29, 0.717) is 17.1 Å². The van der Waals surface area contributed by atoms with Crippen LogP contribution in [0.5, 0.6) is 11.5 Å². The quantitative estimate of drug-likeness (QED) is 0.565. The largest absolute Gasteiger partial charge is 0.493 e. The smallest absolute Gasteiger partial charge is 0.325 e. The zero-order chi connectivity index (χ0) is 18.9. The summed E-state index contributed by atoms with van der Waals surface area (Å²) in [6.45, 7) is -0.0458. The highest BCUT2D eigenvalue weighted by molar-refractivity contribution is 7.98. The highest BCUT2D eigenvalue weighted by atomic mass is 32.2. The first-order valence-corrected chi connectivity index (χ1v) is 9.08. The molecular formula is C19H21NO5S. The van der Waals surface area contributed by atoms with Crippen LogP contribution >= 0.6 is 11.8 Å². The van der Waals surface area contributed by atoms with Crippen LogP contribution in [0.1, 0.15) is 15.9 Å². The molecular weight excluding hydrogens is 354 g/mol. The molecule has 1 amide bonds. The highest BCUT2D eigenvalue weighted by Gasteiger charge is 2.12. The Morgan fingerprint density at radius 1 is 1.00 bits per heavy atom. The van der Waals surface area contributed by atoms with Gasteiger partial charge in [-0.2, -0.15) is 0 Å². The van der Waals surface area contributed by atoms with E-state index in [1.807, 2.05) is 30.5 Å². The summed E-state index contributed by atoms with van der Waals surface area (Å²) >= 11 is 1.64. The third-order valence-corrected chi connectivity index (χ3v) is 4.34. The van der Waals surface area contributed by atoms with Crippen LogP contribution in [0.3, 0.4) is 0 Å². The number of benzene rings is 2. The summed E-state index contributed by atoms with van der Waals surface area (Å²) in [5, 5.41) is 2.53. The van der Waals surface area contributed by atoms with Crippen molar-refractivity contribution in [2.45, 2.75) is 11.5 Å². The lowest BCUT2D eigenvalue weighted by Gasteiger charge is -2.10.